The molecule has 1 N–H and O–H groups in total. The molecule has 0 spiro atoms. The molecule has 2 amide bonds. The van der Waals surface area contributed by atoms with Gasteiger partial charge in [0.1, 0.15) is 17.8 Å². The Morgan fingerprint density at radius 2 is 1.76 bits per heavy atom. The van der Waals surface area contributed by atoms with Gasteiger partial charge in [-0.1, -0.05) is 70.7 Å². The third kappa shape index (κ3) is 11.4. The molecule has 0 saturated carbocycles. The number of rotatable bonds is 15. The van der Waals surface area contributed by atoms with E-state index in [0.29, 0.717) is 17.8 Å². The van der Waals surface area contributed by atoms with Crippen LogP contribution in [0, 0.1) is 23.0 Å². The van der Waals surface area contributed by atoms with Gasteiger partial charge in [-0.25, -0.2) is 18.0 Å². The highest BCUT2D eigenvalue weighted by atomic mass is 32.2. The molecule has 2 aromatic carbocycles. The van der Waals surface area contributed by atoms with E-state index in [9.17, 15) is 18.8 Å². The van der Waals surface area contributed by atoms with Crippen LogP contribution in [0.15, 0.2) is 60.8 Å². The van der Waals surface area contributed by atoms with Crippen LogP contribution >= 0.6 is 11.8 Å². The molecule has 1 unspecified atom stereocenters. The Balaban J connectivity index is 1.74. The third-order valence-electron chi connectivity index (χ3n) is 8.91. The molecule has 278 valence electrons. The summed E-state index contributed by atoms with van der Waals surface area (Å²) in [4.78, 5) is 41.4. The van der Waals surface area contributed by atoms with Gasteiger partial charge in [0.05, 0.1) is 31.4 Å². The third-order valence-corrected chi connectivity index (χ3v) is 11.6. The van der Waals surface area contributed by atoms with Gasteiger partial charge >= 0.3 is 12.1 Å². The Bertz CT molecular complexity index is 1660. The zero-order valence-corrected chi connectivity index (χ0v) is 32.2. The van der Waals surface area contributed by atoms with E-state index in [4.69, 9.17) is 9.84 Å². The van der Waals surface area contributed by atoms with Gasteiger partial charge in [0.2, 0.25) is 5.91 Å². The average Bonchev–Trinajstić information content (AvgIpc) is 3.61. The number of hydrogen-bond donors (Lipinski definition) is 1. The van der Waals surface area contributed by atoms with Gasteiger partial charge in [0.25, 0.3) is 0 Å². The van der Waals surface area contributed by atoms with E-state index in [1.165, 1.54) is 16.7 Å². The molecule has 1 aliphatic heterocycles. The summed E-state index contributed by atoms with van der Waals surface area (Å²) in [6.45, 7) is 12.9. The summed E-state index contributed by atoms with van der Waals surface area (Å²) >= 11 is 1.18. The summed E-state index contributed by atoms with van der Waals surface area (Å²) in [5.41, 5.74) is 1.43. The summed E-state index contributed by atoms with van der Waals surface area (Å²) in [6, 6.07) is 14.7. The predicted octanol–water partition coefficient (Wildman–Crippen LogP) is 8.35. The maximum Gasteiger partial charge on any atom is 0.409 e. The molecule has 3 aromatic rings. The number of nitrogens with zero attached hydrogens (tertiary/aromatic N) is 3. The Kier molecular flexibility index (Phi) is 13.5. The van der Waals surface area contributed by atoms with Crippen LogP contribution in [0.1, 0.15) is 44.5 Å². The van der Waals surface area contributed by atoms with Gasteiger partial charge in [-0.3, -0.25) is 9.59 Å². The number of alkyl halides is 1. The van der Waals surface area contributed by atoms with Crippen molar-refractivity contribution in [2.24, 2.45) is 11.3 Å². The second-order valence-electron chi connectivity index (χ2n) is 15.5. The lowest BCUT2D eigenvalue weighted by atomic mass is 9.82. The van der Waals surface area contributed by atoms with Crippen molar-refractivity contribution in [3.05, 3.63) is 83.7 Å². The number of aliphatic carboxylic acids is 1. The number of hydrogen-bond acceptors (Lipinski definition) is 5. The summed E-state index contributed by atoms with van der Waals surface area (Å²) in [6.07, 6.45) is -0.369. The van der Waals surface area contributed by atoms with Crippen LogP contribution in [-0.4, -0.2) is 89.4 Å². The topological polar surface area (TPSA) is 92.1 Å². The fourth-order valence-electron chi connectivity index (χ4n) is 6.31. The SMILES string of the molecule is CC(C)(C)C(c1cc(-c2cc(F)ccc2F)cn1Cc1ccccc1)N(C[C@@H]1CN(C(=O)OCC[Si](C)(C)C)C[C@@H]1F)C(=O)CSCCC(=O)O. The van der Waals surface area contributed by atoms with Crippen molar-refractivity contribution < 1.29 is 37.4 Å². The average molecular weight is 746 g/mol. The standard InChI is InChI=1S/C38H50F3N3O5SSi/c1-38(2,3)36(33-18-27(30-19-29(39)12-13-31(30)40)21-42(33)20-26-10-8-7-9-11-26)44(34(45)25-50-16-14-35(46)47)23-28-22-43(24-32(28)41)37(48)49-15-17-51(4,5)6/h7-13,18-19,21,28,32,36H,14-17,20,22-25H2,1-6H3,(H,46,47)/t28-,32-,36?/m0/s1. The highest BCUT2D eigenvalue weighted by Gasteiger charge is 2.43. The van der Waals surface area contributed by atoms with Crippen molar-refractivity contribution in [2.75, 3.05) is 37.7 Å². The monoisotopic (exact) mass is 745 g/mol. The number of thioether (sulfide) groups is 1. The molecule has 1 aliphatic rings. The first kappa shape index (κ1) is 40.1. The highest BCUT2D eigenvalue weighted by Crippen LogP contribution is 2.42. The van der Waals surface area contributed by atoms with Crippen molar-refractivity contribution in [1.82, 2.24) is 14.4 Å². The predicted molar refractivity (Wildman–Crippen MR) is 198 cm³/mol. The smallest absolute Gasteiger partial charge is 0.409 e. The minimum atomic E-state index is -1.45. The molecular weight excluding hydrogens is 696 g/mol. The normalized spacial score (nSPS) is 17.0. The Morgan fingerprint density at radius 1 is 1.06 bits per heavy atom. The molecular formula is C38H50F3N3O5SSi. The number of halogens is 3. The van der Waals surface area contributed by atoms with Crippen LogP contribution in [-0.2, 0) is 20.9 Å². The number of carbonyl (C=O) groups excluding carboxylic acids is 2. The number of amides is 2. The van der Waals surface area contributed by atoms with Crippen LogP contribution in [0.2, 0.25) is 25.7 Å². The number of benzene rings is 2. The molecule has 1 saturated heterocycles. The first-order chi connectivity index (χ1) is 23.9. The second-order valence-corrected chi connectivity index (χ2v) is 22.2. The molecule has 0 bridgehead atoms. The van der Waals surface area contributed by atoms with Crippen LogP contribution in [0.25, 0.3) is 11.1 Å². The van der Waals surface area contributed by atoms with Gasteiger partial charge in [-0.05, 0) is 41.3 Å². The molecule has 8 nitrogen and oxygen atoms in total. The van der Waals surface area contributed by atoms with E-state index >= 15 is 8.78 Å². The lowest BCUT2D eigenvalue weighted by Gasteiger charge is -2.42. The van der Waals surface area contributed by atoms with Gasteiger partial charge in [-0.15, -0.1) is 0 Å². The van der Waals surface area contributed by atoms with Crippen LogP contribution in [0.3, 0.4) is 0 Å². The number of likely N-dealkylation sites (tertiary alicyclic amines) is 1. The van der Waals surface area contributed by atoms with Crippen molar-refractivity contribution in [2.45, 2.75) is 71.6 Å². The Labute approximate surface area is 304 Å². The quantitative estimate of drug-likeness (QED) is 0.124. The lowest BCUT2D eigenvalue weighted by molar-refractivity contribution is -0.137. The summed E-state index contributed by atoms with van der Waals surface area (Å²) in [5.74, 6) is -3.03. The zero-order chi connectivity index (χ0) is 37.5. The first-order valence-electron chi connectivity index (χ1n) is 17.3. The molecule has 4 rings (SSSR count). The number of carbonyl (C=O) groups is 3. The lowest BCUT2D eigenvalue weighted by Crippen LogP contribution is -2.46. The highest BCUT2D eigenvalue weighted by molar-refractivity contribution is 7.99. The number of ether oxygens (including phenoxy) is 1. The maximum atomic E-state index is 15.8. The minimum Gasteiger partial charge on any atom is -0.481 e. The van der Waals surface area contributed by atoms with Crippen LogP contribution in [0.5, 0.6) is 0 Å². The fraction of sp³-hybridized carbons (Fsp3) is 0.500. The molecule has 3 atom stereocenters. The van der Waals surface area contributed by atoms with Gasteiger partial charge < -0.3 is 24.2 Å². The van der Waals surface area contributed by atoms with Crippen LogP contribution < -0.4 is 0 Å². The summed E-state index contributed by atoms with van der Waals surface area (Å²) in [5, 5.41) is 9.15. The van der Waals surface area contributed by atoms with E-state index in [0.717, 1.165) is 29.8 Å². The van der Waals surface area contributed by atoms with Gasteiger partial charge in [0.15, 0.2) is 0 Å². The molecule has 0 radical (unpaired) electrons. The Hall–Kier alpha value is -3.71. The molecule has 51 heavy (non-hydrogen) atoms. The summed E-state index contributed by atoms with van der Waals surface area (Å²) < 4.78 is 52.8. The molecule has 2 heterocycles. The molecule has 1 fully saturated rings. The Morgan fingerprint density at radius 3 is 2.41 bits per heavy atom. The van der Waals surface area contributed by atoms with Gasteiger partial charge in [0, 0.05) is 62.4 Å². The first-order valence-corrected chi connectivity index (χ1v) is 22.1. The second kappa shape index (κ2) is 17.2. The molecule has 1 aromatic heterocycles. The fourth-order valence-corrected chi connectivity index (χ4v) is 7.82. The van der Waals surface area contributed by atoms with Gasteiger partial charge in [-0.2, -0.15) is 11.8 Å². The van der Waals surface area contributed by atoms with E-state index < -0.39 is 55.3 Å². The molecule has 13 heteroatoms. The number of carboxylic acids is 1. The maximum absolute atomic E-state index is 15.8. The van der Waals surface area contributed by atoms with Crippen molar-refractivity contribution in [3.63, 3.8) is 0 Å². The van der Waals surface area contributed by atoms with E-state index in [-0.39, 0.29) is 55.6 Å². The van der Waals surface area contributed by atoms with E-state index in [2.05, 4.69) is 19.6 Å². The van der Waals surface area contributed by atoms with E-state index in [1.54, 1.807) is 17.2 Å². The number of carboxylic acid groups (broad SMARTS) is 1. The zero-order valence-electron chi connectivity index (χ0n) is 30.3. The van der Waals surface area contributed by atoms with Crippen molar-refractivity contribution in [3.8, 4) is 11.1 Å². The number of aromatic nitrogens is 1. The van der Waals surface area contributed by atoms with Crippen molar-refractivity contribution in [1.29, 1.82) is 0 Å². The minimum absolute atomic E-state index is 0.0275. The van der Waals surface area contributed by atoms with Crippen LogP contribution in [0.4, 0.5) is 18.0 Å². The van der Waals surface area contributed by atoms with Crippen molar-refractivity contribution >= 4 is 37.8 Å². The molecule has 0 aliphatic carbocycles. The summed E-state index contributed by atoms with van der Waals surface area (Å²) in [7, 11) is -1.45. The largest absolute Gasteiger partial charge is 0.481 e. The van der Waals surface area contributed by atoms with E-state index in [1.807, 2.05) is 55.7 Å².